The van der Waals surface area contributed by atoms with E-state index >= 15 is 0 Å². The maximum absolute atomic E-state index is 12.9. The van der Waals surface area contributed by atoms with Crippen molar-refractivity contribution in [3.63, 3.8) is 0 Å². The smallest absolute Gasteiger partial charge is 0.223 e. The first kappa shape index (κ1) is 22.8. The molecule has 0 bridgehead atoms. The molecular formula is C26H29N5O2S. The number of carbonyl (C=O) groups is 2. The number of pyridine rings is 1. The van der Waals surface area contributed by atoms with E-state index in [1.165, 1.54) is 49.4 Å². The van der Waals surface area contributed by atoms with Crippen LogP contribution in [0.2, 0.25) is 0 Å². The lowest BCUT2D eigenvalue weighted by Gasteiger charge is -2.22. The maximum atomic E-state index is 12.9. The van der Waals surface area contributed by atoms with Crippen molar-refractivity contribution >= 4 is 23.5 Å². The van der Waals surface area contributed by atoms with Crippen LogP contribution in [0.25, 0.3) is 5.82 Å². The van der Waals surface area contributed by atoms with E-state index in [4.69, 9.17) is 0 Å². The molecule has 3 aromatic rings. The average molecular weight is 476 g/mol. The van der Waals surface area contributed by atoms with Crippen molar-refractivity contribution in [3.05, 3.63) is 65.6 Å². The number of benzene rings is 1. The summed E-state index contributed by atoms with van der Waals surface area (Å²) in [7, 11) is 0. The third-order valence-electron chi connectivity index (χ3n) is 6.72. The second kappa shape index (κ2) is 10.5. The molecule has 1 aliphatic carbocycles. The van der Waals surface area contributed by atoms with Crippen LogP contribution in [0.5, 0.6) is 0 Å². The van der Waals surface area contributed by atoms with Crippen LogP contribution in [0.1, 0.15) is 72.6 Å². The van der Waals surface area contributed by atoms with Crippen molar-refractivity contribution in [2.24, 2.45) is 0 Å². The molecule has 34 heavy (non-hydrogen) atoms. The van der Waals surface area contributed by atoms with Crippen LogP contribution >= 0.6 is 11.8 Å². The van der Waals surface area contributed by atoms with Gasteiger partial charge in [-0.15, -0.1) is 10.2 Å². The Morgan fingerprint density at radius 2 is 1.82 bits per heavy atom. The first-order valence-electron chi connectivity index (χ1n) is 12.1. The molecule has 0 radical (unpaired) electrons. The normalized spacial score (nSPS) is 16.8. The van der Waals surface area contributed by atoms with Crippen molar-refractivity contribution in [2.45, 2.75) is 62.6 Å². The number of ketones is 1. The number of carbonyl (C=O) groups excluding carboxylic acids is 2. The van der Waals surface area contributed by atoms with Crippen LogP contribution in [0.15, 0.2) is 53.8 Å². The number of thioether (sulfide) groups is 1. The minimum absolute atomic E-state index is 0.0621. The molecule has 1 aromatic carbocycles. The van der Waals surface area contributed by atoms with Crippen LogP contribution in [0, 0.1) is 0 Å². The van der Waals surface area contributed by atoms with Crippen LogP contribution in [-0.2, 0) is 11.3 Å². The van der Waals surface area contributed by atoms with Gasteiger partial charge in [0.2, 0.25) is 5.91 Å². The van der Waals surface area contributed by atoms with Gasteiger partial charge in [0.05, 0.1) is 12.3 Å². The Morgan fingerprint density at radius 1 is 1.00 bits per heavy atom. The largest absolute Gasteiger partial charge is 0.335 e. The average Bonchev–Trinajstić information content (AvgIpc) is 3.49. The number of nitrogens with zero attached hydrogens (tertiary/aromatic N) is 5. The highest BCUT2D eigenvalue weighted by atomic mass is 32.2. The van der Waals surface area contributed by atoms with Crippen molar-refractivity contribution in [1.29, 1.82) is 0 Å². The fourth-order valence-corrected chi connectivity index (χ4v) is 5.70. The Morgan fingerprint density at radius 3 is 2.53 bits per heavy atom. The van der Waals surface area contributed by atoms with E-state index in [0.29, 0.717) is 35.7 Å². The van der Waals surface area contributed by atoms with Crippen molar-refractivity contribution in [3.8, 4) is 5.82 Å². The second-order valence-corrected chi connectivity index (χ2v) is 9.95. The number of amides is 1. The molecule has 2 fully saturated rings. The van der Waals surface area contributed by atoms with Gasteiger partial charge in [-0.05, 0) is 42.9 Å². The van der Waals surface area contributed by atoms with Crippen molar-refractivity contribution < 1.29 is 9.59 Å². The van der Waals surface area contributed by atoms with Gasteiger partial charge in [0.15, 0.2) is 16.8 Å². The second-order valence-electron chi connectivity index (χ2n) is 9.01. The number of likely N-dealkylation sites (tertiary alicyclic amines) is 1. The summed E-state index contributed by atoms with van der Waals surface area (Å²) in [5.74, 6) is 2.42. The van der Waals surface area contributed by atoms with Crippen LogP contribution in [0.3, 0.4) is 0 Å². The highest BCUT2D eigenvalue weighted by molar-refractivity contribution is 7.99. The molecule has 1 amide bonds. The quantitative estimate of drug-likeness (QED) is 0.344. The molecule has 0 N–H and O–H groups in total. The Bertz CT molecular complexity index is 1140. The molecule has 3 heterocycles. The Kier molecular flexibility index (Phi) is 7.04. The molecule has 1 saturated carbocycles. The highest BCUT2D eigenvalue weighted by Crippen LogP contribution is 2.32. The van der Waals surface area contributed by atoms with Gasteiger partial charge in [-0.2, -0.15) is 0 Å². The van der Waals surface area contributed by atoms with Gasteiger partial charge in [0.1, 0.15) is 5.82 Å². The maximum Gasteiger partial charge on any atom is 0.223 e. The standard InChI is InChI=1S/C26H29N5O2S/c32-22(21-13-11-20(12-14-21)19-7-2-1-3-8-19)18-34-26-29-28-24(17-30-16-6-10-25(30)33)31(26)23-9-4-5-15-27-23/h4-5,9,11-15,19H,1-3,6-8,10,16-18H2. The van der Waals surface area contributed by atoms with E-state index in [9.17, 15) is 9.59 Å². The zero-order valence-electron chi connectivity index (χ0n) is 19.2. The van der Waals surface area contributed by atoms with Crippen molar-refractivity contribution in [1.82, 2.24) is 24.6 Å². The summed E-state index contributed by atoms with van der Waals surface area (Å²) in [5.41, 5.74) is 2.07. The van der Waals surface area contributed by atoms with Gasteiger partial charge in [0, 0.05) is 24.7 Å². The van der Waals surface area contributed by atoms with Crippen LogP contribution < -0.4 is 0 Å². The molecule has 8 heteroatoms. The minimum Gasteiger partial charge on any atom is -0.335 e. The predicted octanol–water partition coefficient (Wildman–Crippen LogP) is 4.81. The third-order valence-corrected chi connectivity index (χ3v) is 7.65. The molecule has 0 spiro atoms. The van der Waals surface area contributed by atoms with Crippen LogP contribution in [-0.4, -0.2) is 48.6 Å². The molecule has 2 aliphatic rings. The first-order chi connectivity index (χ1) is 16.7. The van der Waals surface area contributed by atoms with Gasteiger partial charge in [-0.1, -0.05) is 61.4 Å². The number of hydrogen-bond acceptors (Lipinski definition) is 6. The summed E-state index contributed by atoms with van der Waals surface area (Å²) >= 11 is 1.35. The first-order valence-corrected chi connectivity index (χ1v) is 13.1. The molecule has 0 atom stereocenters. The summed E-state index contributed by atoms with van der Waals surface area (Å²) in [6, 6.07) is 13.8. The monoisotopic (exact) mass is 475 g/mol. The number of hydrogen-bond donors (Lipinski definition) is 0. The summed E-state index contributed by atoms with van der Waals surface area (Å²) in [6.07, 6.45) is 9.59. The van der Waals surface area contributed by atoms with Gasteiger partial charge < -0.3 is 4.90 Å². The van der Waals surface area contributed by atoms with Crippen LogP contribution in [0.4, 0.5) is 0 Å². The van der Waals surface area contributed by atoms with E-state index in [0.717, 1.165) is 18.5 Å². The third kappa shape index (κ3) is 5.06. The fourth-order valence-electron chi connectivity index (χ4n) is 4.84. The summed E-state index contributed by atoms with van der Waals surface area (Å²) < 4.78 is 1.86. The lowest BCUT2D eigenvalue weighted by Crippen LogP contribution is -2.25. The zero-order chi connectivity index (χ0) is 23.3. The molecule has 176 valence electrons. The van der Waals surface area contributed by atoms with Gasteiger partial charge in [0.25, 0.3) is 0 Å². The number of rotatable bonds is 8. The van der Waals surface area contributed by atoms with E-state index in [1.54, 1.807) is 11.1 Å². The summed E-state index contributed by atoms with van der Waals surface area (Å²) in [5, 5.41) is 9.30. The molecule has 1 saturated heterocycles. The molecule has 0 unspecified atom stereocenters. The predicted molar refractivity (Wildman–Crippen MR) is 131 cm³/mol. The van der Waals surface area contributed by atoms with Crippen molar-refractivity contribution in [2.75, 3.05) is 12.3 Å². The number of Topliss-reactive ketones (excluding diaryl/α,β-unsaturated/α-hetero) is 1. The Labute approximate surface area is 204 Å². The van der Waals surface area contributed by atoms with E-state index in [1.807, 2.05) is 34.9 Å². The lowest BCUT2D eigenvalue weighted by molar-refractivity contribution is -0.128. The topological polar surface area (TPSA) is 81.0 Å². The molecular weight excluding hydrogens is 446 g/mol. The molecule has 5 rings (SSSR count). The molecule has 1 aliphatic heterocycles. The SMILES string of the molecule is O=C(CSc1nnc(CN2CCCC2=O)n1-c1ccccn1)c1ccc(C2CCCCC2)cc1. The zero-order valence-corrected chi connectivity index (χ0v) is 20.0. The lowest BCUT2D eigenvalue weighted by atomic mass is 9.84. The fraction of sp³-hybridized carbons (Fsp3) is 0.423. The Hall–Kier alpha value is -3.00. The highest BCUT2D eigenvalue weighted by Gasteiger charge is 2.25. The summed E-state index contributed by atoms with van der Waals surface area (Å²) in [4.78, 5) is 31.3. The van der Waals surface area contributed by atoms with Gasteiger partial charge in [-0.25, -0.2) is 4.98 Å². The van der Waals surface area contributed by atoms with Gasteiger partial charge >= 0.3 is 0 Å². The Balaban J connectivity index is 1.30. The minimum atomic E-state index is 0.0621. The molecule has 7 nitrogen and oxygen atoms in total. The molecule has 2 aromatic heterocycles. The van der Waals surface area contributed by atoms with E-state index < -0.39 is 0 Å². The van der Waals surface area contributed by atoms with E-state index in [2.05, 4.69) is 27.3 Å². The summed E-state index contributed by atoms with van der Waals surface area (Å²) in [6.45, 7) is 1.12. The van der Waals surface area contributed by atoms with E-state index in [-0.39, 0.29) is 17.4 Å². The van der Waals surface area contributed by atoms with Gasteiger partial charge in [-0.3, -0.25) is 14.2 Å². The number of aromatic nitrogens is 4.